The van der Waals surface area contributed by atoms with E-state index < -0.39 is 23.7 Å². The average Bonchev–Trinajstić information content (AvgIpc) is 3.22. The van der Waals surface area contributed by atoms with Crippen molar-refractivity contribution in [3.8, 4) is 5.75 Å². The molecule has 6 nitrogen and oxygen atoms in total. The molecule has 3 aliphatic carbocycles. The van der Waals surface area contributed by atoms with E-state index in [1.54, 1.807) is 31.2 Å². The third-order valence-corrected chi connectivity index (χ3v) is 9.63. The smallest absolute Gasteiger partial charge is 0.238 e. The zero-order valence-corrected chi connectivity index (χ0v) is 23.2. The number of hydrogen-bond donors (Lipinski definition) is 1. The molecule has 7 heteroatoms. The molecule has 0 unspecified atom stereocenters. The van der Waals surface area contributed by atoms with E-state index in [-0.39, 0.29) is 35.6 Å². The number of aromatic hydroxyl groups is 1. The molecule has 1 fully saturated rings. The second-order valence-electron chi connectivity index (χ2n) is 11.4. The van der Waals surface area contributed by atoms with E-state index in [4.69, 9.17) is 11.6 Å². The second kappa shape index (κ2) is 9.11. The number of nitrogens with zero attached hydrogens (tertiary/aromatic N) is 1. The van der Waals surface area contributed by atoms with E-state index in [0.717, 1.165) is 16.5 Å². The molecule has 1 N–H and O–H groups in total. The van der Waals surface area contributed by atoms with Crippen molar-refractivity contribution in [1.82, 2.24) is 0 Å². The van der Waals surface area contributed by atoms with Crippen LogP contribution in [-0.2, 0) is 19.2 Å². The van der Waals surface area contributed by atoms with Crippen molar-refractivity contribution in [2.45, 2.75) is 32.6 Å². The van der Waals surface area contributed by atoms with Crippen LogP contribution < -0.4 is 4.90 Å². The van der Waals surface area contributed by atoms with Gasteiger partial charge in [-0.05, 0) is 61.8 Å². The highest BCUT2D eigenvalue weighted by Crippen LogP contribution is 2.56. The Hall–Kier alpha value is -4.29. The van der Waals surface area contributed by atoms with Crippen molar-refractivity contribution in [2.24, 2.45) is 17.8 Å². The van der Waals surface area contributed by atoms with E-state index in [0.29, 0.717) is 44.8 Å². The van der Waals surface area contributed by atoms with E-state index in [2.05, 4.69) is 0 Å². The lowest BCUT2D eigenvalue weighted by molar-refractivity contribution is -0.123. The molecule has 0 aromatic heterocycles. The van der Waals surface area contributed by atoms with Gasteiger partial charge in [0.2, 0.25) is 11.8 Å². The third-order valence-electron chi connectivity index (χ3n) is 9.22. The molecular formula is C34H26ClNO5. The van der Waals surface area contributed by atoms with Crippen LogP contribution in [-0.4, -0.2) is 28.5 Å². The first kappa shape index (κ1) is 25.7. The quantitative estimate of drug-likeness (QED) is 0.230. The summed E-state index contributed by atoms with van der Waals surface area (Å²) >= 11 is 6.35. The normalized spacial score (nSPS) is 25.7. The number of carbonyl (C=O) groups excluding carboxylic acids is 4. The molecule has 0 radical (unpaired) electrons. The van der Waals surface area contributed by atoms with Crippen molar-refractivity contribution in [2.75, 3.05) is 4.90 Å². The molecule has 204 valence electrons. The molecule has 0 saturated carbocycles. The Labute approximate surface area is 241 Å². The lowest BCUT2D eigenvalue weighted by Crippen LogP contribution is -2.39. The number of halogens is 1. The molecule has 1 heterocycles. The van der Waals surface area contributed by atoms with Gasteiger partial charge in [-0.15, -0.1) is 0 Å². The minimum atomic E-state index is -0.708. The number of allylic oxidation sites excluding steroid dienone is 6. The van der Waals surface area contributed by atoms with Crippen molar-refractivity contribution < 1.29 is 24.3 Å². The van der Waals surface area contributed by atoms with Crippen molar-refractivity contribution in [3.05, 3.63) is 105 Å². The van der Waals surface area contributed by atoms with Crippen LogP contribution in [0.25, 0.3) is 10.8 Å². The highest BCUT2D eigenvalue weighted by Gasteiger charge is 2.56. The third kappa shape index (κ3) is 3.63. The number of anilines is 1. The lowest BCUT2D eigenvalue weighted by atomic mass is 9.59. The molecule has 0 bridgehead atoms. The van der Waals surface area contributed by atoms with Crippen molar-refractivity contribution in [3.63, 3.8) is 0 Å². The van der Waals surface area contributed by atoms with Gasteiger partial charge in [0.15, 0.2) is 11.6 Å². The van der Waals surface area contributed by atoms with Crippen molar-refractivity contribution >= 4 is 51.4 Å². The minimum Gasteiger partial charge on any atom is -0.507 e. The minimum absolute atomic E-state index is 0.0416. The van der Waals surface area contributed by atoms with Crippen LogP contribution in [0.2, 0.25) is 5.02 Å². The van der Waals surface area contributed by atoms with Gasteiger partial charge >= 0.3 is 0 Å². The largest absolute Gasteiger partial charge is 0.507 e. The van der Waals surface area contributed by atoms with Gasteiger partial charge in [-0.2, -0.15) is 0 Å². The Bertz CT molecular complexity index is 1850. The molecule has 1 saturated heterocycles. The standard InChI is InChI=1S/C34H26ClNO5/c1-16-7-9-19(14-26(16)35)36-33(40)23-12-11-21-24(29(23)34(36)41)15-25-30(27(37)13-17(2)31(25)38)28(21)22-10-8-18-5-3-4-6-20(18)32(22)39/h3-11,13-14,23-24,28-29,39H,12,15H2,1-2H3/t23-,24+,28+,29-/m0/s1. The molecule has 4 aliphatic rings. The van der Waals surface area contributed by atoms with Crippen molar-refractivity contribution in [1.29, 1.82) is 0 Å². The maximum Gasteiger partial charge on any atom is 0.238 e. The molecule has 4 atom stereocenters. The SMILES string of the molecule is CC1=CC(=O)C2=C(C[C@@H]3C(=CC[C@@H]4C(=O)N(c5ccc(C)c(Cl)c5)C(=O)[C@@H]43)[C@@H]2c2ccc3ccccc3c2O)C1=O. The highest BCUT2D eigenvalue weighted by molar-refractivity contribution is 6.32. The van der Waals surface area contributed by atoms with Gasteiger partial charge in [0.25, 0.3) is 0 Å². The van der Waals surface area contributed by atoms with Crippen LogP contribution in [0.4, 0.5) is 5.69 Å². The summed E-state index contributed by atoms with van der Waals surface area (Å²) in [5.74, 6) is -3.55. The first-order valence-electron chi connectivity index (χ1n) is 13.7. The summed E-state index contributed by atoms with van der Waals surface area (Å²) in [6.07, 6.45) is 3.83. The van der Waals surface area contributed by atoms with E-state index in [1.165, 1.54) is 11.0 Å². The van der Waals surface area contributed by atoms with Crippen LogP contribution in [0.15, 0.2) is 89.0 Å². The molecule has 3 aromatic carbocycles. The Morgan fingerprint density at radius 2 is 1.71 bits per heavy atom. The topological polar surface area (TPSA) is 91.8 Å². The fraction of sp³-hybridized carbons (Fsp3) is 0.235. The summed E-state index contributed by atoms with van der Waals surface area (Å²) in [5.41, 5.74) is 3.64. The van der Waals surface area contributed by atoms with Gasteiger partial charge < -0.3 is 5.11 Å². The lowest BCUT2D eigenvalue weighted by Gasteiger charge is -2.42. The number of aryl methyl sites for hydroxylation is 1. The second-order valence-corrected chi connectivity index (χ2v) is 11.8. The number of carbonyl (C=O) groups is 4. The van der Waals surface area contributed by atoms with Crippen LogP contribution in [0.1, 0.15) is 36.8 Å². The Morgan fingerprint density at radius 1 is 0.927 bits per heavy atom. The Balaban J connectivity index is 1.39. The number of hydrogen-bond acceptors (Lipinski definition) is 5. The van der Waals surface area contributed by atoms with E-state index >= 15 is 0 Å². The predicted molar refractivity (Wildman–Crippen MR) is 156 cm³/mol. The first-order valence-corrected chi connectivity index (χ1v) is 14.1. The van der Waals surface area contributed by atoms with Crippen LogP contribution in [0.3, 0.4) is 0 Å². The van der Waals surface area contributed by atoms with Gasteiger partial charge in [-0.1, -0.05) is 65.7 Å². The average molecular weight is 564 g/mol. The van der Waals surface area contributed by atoms with Crippen LogP contribution in [0.5, 0.6) is 5.75 Å². The van der Waals surface area contributed by atoms with Gasteiger partial charge in [-0.25, -0.2) is 4.90 Å². The number of ketones is 2. The molecule has 41 heavy (non-hydrogen) atoms. The predicted octanol–water partition coefficient (Wildman–Crippen LogP) is 6.14. The number of fused-ring (bicyclic) bond motifs is 4. The van der Waals surface area contributed by atoms with E-state index in [1.807, 2.05) is 43.3 Å². The molecule has 3 aromatic rings. The number of rotatable bonds is 2. The van der Waals surface area contributed by atoms with Gasteiger partial charge in [0.05, 0.1) is 17.5 Å². The zero-order chi connectivity index (χ0) is 28.7. The summed E-state index contributed by atoms with van der Waals surface area (Å²) in [6.45, 7) is 3.47. The molecule has 1 aliphatic heterocycles. The summed E-state index contributed by atoms with van der Waals surface area (Å²) in [6, 6.07) is 16.3. The highest BCUT2D eigenvalue weighted by atomic mass is 35.5. The summed E-state index contributed by atoms with van der Waals surface area (Å²) in [7, 11) is 0. The maximum absolute atomic E-state index is 14.1. The van der Waals surface area contributed by atoms with Crippen LogP contribution >= 0.6 is 11.6 Å². The Kier molecular flexibility index (Phi) is 5.70. The maximum atomic E-state index is 14.1. The number of amides is 2. The van der Waals surface area contributed by atoms with Gasteiger partial charge in [0, 0.05) is 38.6 Å². The Morgan fingerprint density at radius 3 is 2.49 bits per heavy atom. The summed E-state index contributed by atoms with van der Waals surface area (Å²) < 4.78 is 0. The molecular weight excluding hydrogens is 538 g/mol. The van der Waals surface area contributed by atoms with E-state index in [9.17, 15) is 24.3 Å². The van der Waals surface area contributed by atoms with Gasteiger partial charge in [0.1, 0.15) is 5.75 Å². The van der Waals surface area contributed by atoms with Gasteiger partial charge in [-0.3, -0.25) is 19.2 Å². The fourth-order valence-corrected chi connectivity index (χ4v) is 7.39. The molecule has 7 rings (SSSR count). The number of benzene rings is 3. The number of Topliss-reactive ketones (excluding diaryl/α,β-unsaturated/α-hetero) is 1. The first-order chi connectivity index (χ1) is 19.7. The van der Waals surface area contributed by atoms with Crippen LogP contribution in [0, 0.1) is 24.7 Å². The number of phenols is 1. The number of imide groups is 1. The monoisotopic (exact) mass is 563 g/mol. The summed E-state index contributed by atoms with van der Waals surface area (Å²) in [5, 5.41) is 13.5. The molecule has 0 spiro atoms. The number of phenolic OH excluding ortho intramolecular Hbond substituents is 1. The zero-order valence-electron chi connectivity index (χ0n) is 22.5. The fourth-order valence-electron chi connectivity index (χ4n) is 7.22. The summed E-state index contributed by atoms with van der Waals surface area (Å²) in [4.78, 5) is 56.0. The molecule has 2 amide bonds.